The van der Waals surface area contributed by atoms with Gasteiger partial charge in [-0.2, -0.15) is 0 Å². The molecule has 1 aliphatic heterocycles. The van der Waals surface area contributed by atoms with Crippen molar-refractivity contribution in [1.82, 2.24) is 5.32 Å². The first-order valence-electron chi connectivity index (χ1n) is 4.81. The minimum absolute atomic E-state index is 0.532. The SMILES string of the molecule is OC1(c2cc3cccc(Cl)c3o2)CNC1. The van der Waals surface area contributed by atoms with E-state index in [9.17, 15) is 5.11 Å². The Bertz CT molecular complexity index is 516. The number of hydrogen-bond donors (Lipinski definition) is 2. The maximum absolute atomic E-state index is 10.1. The van der Waals surface area contributed by atoms with Gasteiger partial charge >= 0.3 is 0 Å². The molecule has 78 valence electrons. The third-order valence-electron chi connectivity index (χ3n) is 2.79. The predicted molar refractivity (Wildman–Crippen MR) is 58.0 cm³/mol. The maximum atomic E-state index is 10.1. The number of nitrogens with one attached hydrogen (secondary N) is 1. The lowest BCUT2D eigenvalue weighted by molar-refractivity contribution is -0.0320. The number of hydrogen-bond acceptors (Lipinski definition) is 3. The van der Waals surface area contributed by atoms with E-state index in [0.717, 1.165) is 5.39 Å². The van der Waals surface area contributed by atoms with Crippen molar-refractivity contribution in [2.24, 2.45) is 0 Å². The molecule has 0 radical (unpaired) electrons. The van der Waals surface area contributed by atoms with Crippen LogP contribution in [-0.4, -0.2) is 18.2 Å². The molecule has 0 saturated carbocycles. The van der Waals surface area contributed by atoms with Crippen LogP contribution in [0.4, 0.5) is 0 Å². The zero-order valence-corrected chi connectivity index (χ0v) is 8.71. The topological polar surface area (TPSA) is 45.4 Å². The van der Waals surface area contributed by atoms with Crippen molar-refractivity contribution in [3.05, 3.63) is 35.0 Å². The smallest absolute Gasteiger partial charge is 0.153 e. The van der Waals surface area contributed by atoms with Gasteiger partial charge in [-0.05, 0) is 12.1 Å². The van der Waals surface area contributed by atoms with Gasteiger partial charge in [0.15, 0.2) is 5.58 Å². The summed E-state index contributed by atoms with van der Waals surface area (Å²) in [5.41, 5.74) is -0.211. The van der Waals surface area contributed by atoms with Crippen molar-refractivity contribution in [2.45, 2.75) is 5.60 Å². The summed E-state index contributed by atoms with van der Waals surface area (Å²) >= 11 is 5.99. The van der Waals surface area contributed by atoms with Gasteiger partial charge in [0, 0.05) is 18.5 Å². The van der Waals surface area contributed by atoms with Gasteiger partial charge in [0.2, 0.25) is 0 Å². The third kappa shape index (κ3) is 1.28. The maximum Gasteiger partial charge on any atom is 0.153 e. The summed E-state index contributed by atoms with van der Waals surface area (Å²) in [4.78, 5) is 0. The van der Waals surface area contributed by atoms with Gasteiger partial charge in [-0.15, -0.1) is 0 Å². The molecule has 2 N–H and O–H groups in total. The molecule has 1 aliphatic rings. The Balaban J connectivity index is 2.18. The van der Waals surface area contributed by atoms with Gasteiger partial charge in [0.05, 0.1) is 5.02 Å². The van der Waals surface area contributed by atoms with E-state index in [0.29, 0.717) is 29.5 Å². The van der Waals surface area contributed by atoms with Crippen LogP contribution >= 0.6 is 11.6 Å². The third-order valence-corrected chi connectivity index (χ3v) is 3.09. The Morgan fingerprint density at radius 1 is 1.40 bits per heavy atom. The van der Waals surface area contributed by atoms with Crippen molar-refractivity contribution in [2.75, 3.05) is 13.1 Å². The fourth-order valence-corrected chi connectivity index (χ4v) is 2.01. The van der Waals surface area contributed by atoms with Gasteiger partial charge in [-0.25, -0.2) is 0 Å². The van der Waals surface area contributed by atoms with E-state index < -0.39 is 5.60 Å². The summed E-state index contributed by atoms with van der Waals surface area (Å²) in [6.07, 6.45) is 0. The zero-order valence-electron chi connectivity index (χ0n) is 7.96. The van der Waals surface area contributed by atoms with Gasteiger partial charge < -0.3 is 14.8 Å². The fraction of sp³-hybridized carbons (Fsp3) is 0.273. The molecule has 0 unspecified atom stereocenters. The minimum Gasteiger partial charge on any atom is -0.456 e. The summed E-state index contributed by atoms with van der Waals surface area (Å²) in [6.45, 7) is 1.06. The molecule has 0 atom stereocenters. The van der Waals surface area contributed by atoms with Crippen molar-refractivity contribution in [1.29, 1.82) is 0 Å². The first-order chi connectivity index (χ1) is 7.19. The molecular weight excluding hydrogens is 214 g/mol. The molecule has 2 heterocycles. The van der Waals surface area contributed by atoms with Gasteiger partial charge in [0.25, 0.3) is 0 Å². The summed E-state index contributed by atoms with van der Waals surface area (Å²) in [5, 5.41) is 14.6. The number of furan rings is 1. The molecule has 15 heavy (non-hydrogen) atoms. The normalized spacial score (nSPS) is 19.1. The molecule has 1 aromatic carbocycles. The van der Waals surface area contributed by atoms with E-state index >= 15 is 0 Å². The minimum atomic E-state index is -0.859. The van der Waals surface area contributed by atoms with Crippen LogP contribution in [0.1, 0.15) is 5.76 Å². The van der Waals surface area contributed by atoms with Crippen LogP contribution < -0.4 is 5.32 Å². The Kier molecular flexibility index (Phi) is 1.83. The van der Waals surface area contributed by atoms with Gasteiger partial charge in [-0.3, -0.25) is 0 Å². The number of para-hydroxylation sites is 1. The highest BCUT2D eigenvalue weighted by molar-refractivity contribution is 6.34. The molecule has 1 fully saturated rings. The standard InChI is InChI=1S/C11H10ClNO2/c12-8-3-1-2-7-4-9(15-10(7)8)11(14)5-13-6-11/h1-4,13-14H,5-6H2. The molecule has 0 aliphatic carbocycles. The largest absolute Gasteiger partial charge is 0.456 e. The van der Waals surface area contributed by atoms with Crippen molar-refractivity contribution in [3.8, 4) is 0 Å². The predicted octanol–water partition coefficient (Wildman–Crippen LogP) is 1.88. The Morgan fingerprint density at radius 2 is 2.20 bits per heavy atom. The molecule has 0 spiro atoms. The lowest BCUT2D eigenvalue weighted by Crippen LogP contribution is -2.56. The number of benzene rings is 1. The van der Waals surface area contributed by atoms with Crippen LogP contribution in [0.3, 0.4) is 0 Å². The zero-order chi connectivity index (χ0) is 10.5. The molecule has 3 nitrogen and oxygen atoms in total. The molecule has 0 bridgehead atoms. The van der Waals surface area contributed by atoms with E-state index in [1.54, 1.807) is 6.07 Å². The van der Waals surface area contributed by atoms with E-state index in [4.69, 9.17) is 16.0 Å². The molecule has 0 amide bonds. The quantitative estimate of drug-likeness (QED) is 0.776. The number of fused-ring (bicyclic) bond motifs is 1. The Morgan fingerprint density at radius 3 is 2.80 bits per heavy atom. The number of aliphatic hydroxyl groups is 1. The summed E-state index contributed by atoms with van der Waals surface area (Å²) in [5.74, 6) is 0.587. The average molecular weight is 224 g/mol. The van der Waals surface area contributed by atoms with E-state index in [1.165, 1.54) is 0 Å². The lowest BCUT2D eigenvalue weighted by atomic mass is 9.94. The highest BCUT2D eigenvalue weighted by Gasteiger charge is 2.39. The van der Waals surface area contributed by atoms with E-state index in [2.05, 4.69) is 5.32 Å². The lowest BCUT2D eigenvalue weighted by Gasteiger charge is -2.35. The van der Waals surface area contributed by atoms with E-state index in [-0.39, 0.29) is 0 Å². The first-order valence-corrected chi connectivity index (χ1v) is 5.18. The van der Waals surface area contributed by atoms with Crippen molar-refractivity contribution in [3.63, 3.8) is 0 Å². The van der Waals surface area contributed by atoms with Crippen molar-refractivity contribution >= 4 is 22.6 Å². The summed E-state index contributed by atoms with van der Waals surface area (Å²) in [6, 6.07) is 7.42. The monoisotopic (exact) mass is 223 g/mol. The van der Waals surface area contributed by atoms with Gasteiger partial charge in [-0.1, -0.05) is 23.7 Å². The van der Waals surface area contributed by atoms with Gasteiger partial charge in [0.1, 0.15) is 11.4 Å². The average Bonchev–Trinajstić information content (AvgIpc) is 2.59. The molecule has 2 aromatic rings. The second kappa shape index (κ2) is 2.98. The fourth-order valence-electron chi connectivity index (χ4n) is 1.79. The highest BCUT2D eigenvalue weighted by Crippen LogP contribution is 2.33. The molecule has 1 saturated heterocycles. The number of rotatable bonds is 1. The Labute approximate surface area is 91.6 Å². The van der Waals surface area contributed by atoms with Crippen LogP contribution in [0.25, 0.3) is 11.0 Å². The molecule has 1 aromatic heterocycles. The van der Waals surface area contributed by atoms with Crippen LogP contribution in [0, 0.1) is 0 Å². The summed E-state index contributed by atoms with van der Waals surface area (Å²) in [7, 11) is 0. The van der Waals surface area contributed by atoms with Crippen LogP contribution in [-0.2, 0) is 5.60 Å². The summed E-state index contributed by atoms with van der Waals surface area (Å²) < 4.78 is 5.58. The van der Waals surface area contributed by atoms with Crippen LogP contribution in [0.5, 0.6) is 0 Å². The van der Waals surface area contributed by atoms with Crippen LogP contribution in [0.2, 0.25) is 5.02 Å². The molecule has 3 rings (SSSR count). The first kappa shape index (κ1) is 9.21. The Hall–Kier alpha value is -1.03. The second-order valence-electron chi connectivity index (χ2n) is 3.90. The van der Waals surface area contributed by atoms with Crippen molar-refractivity contribution < 1.29 is 9.52 Å². The molecule has 4 heteroatoms. The number of halogens is 1. The highest BCUT2D eigenvalue weighted by atomic mass is 35.5. The van der Waals surface area contributed by atoms with E-state index in [1.807, 2.05) is 18.2 Å². The second-order valence-corrected chi connectivity index (χ2v) is 4.31. The number of β-amino-alcohol motifs (C(OH)–C–C–N with tert-alkyl or cyclic N) is 1. The van der Waals surface area contributed by atoms with Crippen LogP contribution in [0.15, 0.2) is 28.7 Å². The molecular formula is C11H10ClNO2.